The molecule has 2 rings (SSSR count). The van der Waals surface area contributed by atoms with Crippen molar-refractivity contribution < 1.29 is 4.79 Å². The smallest absolute Gasteiger partial charge is 0.182 e. The molecular formula is C12H18N2O. The highest BCUT2D eigenvalue weighted by Crippen LogP contribution is 2.18. The number of carbonyl (C=O) groups excluding carboxylic acids is 1. The Kier molecular flexibility index (Phi) is 3.21. The lowest BCUT2D eigenvalue weighted by molar-refractivity contribution is 0.0885. The number of rotatable bonds is 3. The molecule has 3 heteroatoms. The fourth-order valence-electron chi connectivity index (χ4n) is 2.21. The van der Waals surface area contributed by atoms with Crippen LogP contribution in [0.25, 0.3) is 0 Å². The first-order valence-electron chi connectivity index (χ1n) is 5.73. The number of Topliss-reactive ketones (excluding diaryl/α,β-unsaturated/α-hetero) is 1. The standard InChI is InChI=1S/C12H18N2O/c1-2-14-9-3-4-11(14)12(15)10-5-7-13-8-6-10/h3-4,9-10,13H,2,5-8H2,1H3. The predicted molar refractivity (Wildman–Crippen MR) is 60.0 cm³/mol. The lowest BCUT2D eigenvalue weighted by Gasteiger charge is -2.21. The number of nitrogens with zero attached hydrogens (tertiary/aromatic N) is 1. The van der Waals surface area contributed by atoms with Gasteiger partial charge in [-0.2, -0.15) is 0 Å². The average molecular weight is 206 g/mol. The zero-order chi connectivity index (χ0) is 10.7. The van der Waals surface area contributed by atoms with Crippen molar-refractivity contribution in [3.05, 3.63) is 24.0 Å². The topological polar surface area (TPSA) is 34.0 Å². The van der Waals surface area contributed by atoms with Crippen LogP contribution in [-0.2, 0) is 6.54 Å². The Morgan fingerprint density at radius 2 is 2.27 bits per heavy atom. The monoisotopic (exact) mass is 206 g/mol. The summed E-state index contributed by atoms with van der Waals surface area (Å²) in [4.78, 5) is 12.2. The van der Waals surface area contributed by atoms with E-state index < -0.39 is 0 Å². The third kappa shape index (κ3) is 2.12. The highest BCUT2D eigenvalue weighted by molar-refractivity contribution is 5.96. The molecule has 1 aliphatic heterocycles. The quantitative estimate of drug-likeness (QED) is 0.764. The third-order valence-electron chi connectivity index (χ3n) is 3.13. The maximum atomic E-state index is 12.2. The van der Waals surface area contributed by atoms with Crippen LogP contribution in [-0.4, -0.2) is 23.4 Å². The average Bonchev–Trinajstić information content (AvgIpc) is 2.77. The van der Waals surface area contributed by atoms with Crippen LogP contribution in [0, 0.1) is 5.92 Å². The van der Waals surface area contributed by atoms with E-state index in [-0.39, 0.29) is 5.92 Å². The Labute approximate surface area is 90.5 Å². The van der Waals surface area contributed by atoms with Crippen LogP contribution in [0.4, 0.5) is 0 Å². The van der Waals surface area contributed by atoms with Gasteiger partial charge in [-0.15, -0.1) is 0 Å². The molecule has 2 heterocycles. The molecule has 0 amide bonds. The van der Waals surface area contributed by atoms with Crippen molar-refractivity contribution >= 4 is 5.78 Å². The minimum Gasteiger partial charge on any atom is -0.345 e. The summed E-state index contributed by atoms with van der Waals surface area (Å²) in [6.07, 6.45) is 3.94. The van der Waals surface area contributed by atoms with Crippen molar-refractivity contribution in [2.24, 2.45) is 5.92 Å². The van der Waals surface area contributed by atoms with Gasteiger partial charge in [0.2, 0.25) is 0 Å². The molecule has 0 bridgehead atoms. The number of hydrogen-bond donors (Lipinski definition) is 1. The van der Waals surface area contributed by atoms with E-state index in [2.05, 4.69) is 12.2 Å². The van der Waals surface area contributed by atoms with Crippen molar-refractivity contribution in [3.63, 3.8) is 0 Å². The van der Waals surface area contributed by atoms with Gasteiger partial charge in [0.15, 0.2) is 5.78 Å². The Hall–Kier alpha value is -1.09. The molecule has 0 unspecified atom stereocenters. The predicted octanol–water partition coefficient (Wildman–Crippen LogP) is 1.69. The summed E-state index contributed by atoms with van der Waals surface area (Å²) in [5.41, 5.74) is 0.879. The van der Waals surface area contributed by atoms with Crippen LogP contribution < -0.4 is 5.32 Å². The largest absolute Gasteiger partial charge is 0.345 e. The van der Waals surface area contributed by atoms with Gasteiger partial charge in [-0.1, -0.05) is 0 Å². The third-order valence-corrected chi connectivity index (χ3v) is 3.13. The molecule has 1 fully saturated rings. The van der Waals surface area contributed by atoms with Gasteiger partial charge in [-0.25, -0.2) is 0 Å². The van der Waals surface area contributed by atoms with E-state index in [1.54, 1.807) is 0 Å². The summed E-state index contributed by atoms with van der Waals surface area (Å²) < 4.78 is 2.03. The van der Waals surface area contributed by atoms with Crippen LogP contribution in [0.5, 0.6) is 0 Å². The molecule has 1 N–H and O–H groups in total. The Morgan fingerprint density at radius 3 is 2.93 bits per heavy atom. The molecule has 0 saturated carbocycles. The summed E-state index contributed by atoms with van der Waals surface area (Å²) in [6, 6.07) is 3.89. The SMILES string of the molecule is CCn1cccc1C(=O)C1CCNCC1. The number of piperidine rings is 1. The zero-order valence-electron chi connectivity index (χ0n) is 9.20. The second-order valence-electron chi connectivity index (χ2n) is 4.07. The van der Waals surface area contributed by atoms with E-state index in [4.69, 9.17) is 0 Å². The van der Waals surface area contributed by atoms with Crippen LogP contribution >= 0.6 is 0 Å². The van der Waals surface area contributed by atoms with Gasteiger partial charge in [0.1, 0.15) is 0 Å². The molecule has 1 aliphatic rings. The van der Waals surface area contributed by atoms with E-state index >= 15 is 0 Å². The number of aryl methyl sites for hydroxylation is 1. The number of aromatic nitrogens is 1. The van der Waals surface area contributed by atoms with Crippen LogP contribution in [0.15, 0.2) is 18.3 Å². The van der Waals surface area contributed by atoms with Crippen molar-refractivity contribution in [1.82, 2.24) is 9.88 Å². The van der Waals surface area contributed by atoms with Crippen molar-refractivity contribution in [3.8, 4) is 0 Å². The summed E-state index contributed by atoms with van der Waals surface area (Å²) in [7, 11) is 0. The highest BCUT2D eigenvalue weighted by Gasteiger charge is 2.23. The first-order valence-corrected chi connectivity index (χ1v) is 5.73. The van der Waals surface area contributed by atoms with E-state index in [1.165, 1.54) is 0 Å². The number of nitrogens with one attached hydrogen (secondary N) is 1. The molecule has 15 heavy (non-hydrogen) atoms. The Balaban J connectivity index is 2.12. The molecular weight excluding hydrogens is 188 g/mol. The van der Waals surface area contributed by atoms with Crippen molar-refractivity contribution in [2.45, 2.75) is 26.3 Å². The van der Waals surface area contributed by atoms with Crippen molar-refractivity contribution in [2.75, 3.05) is 13.1 Å². The number of hydrogen-bond acceptors (Lipinski definition) is 2. The lowest BCUT2D eigenvalue weighted by atomic mass is 9.92. The second-order valence-corrected chi connectivity index (χ2v) is 4.07. The van der Waals surface area contributed by atoms with Gasteiger partial charge in [-0.3, -0.25) is 4.79 Å². The molecule has 0 atom stereocenters. The summed E-state index contributed by atoms with van der Waals surface area (Å²) in [6.45, 7) is 4.89. The molecule has 3 nitrogen and oxygen atoms in total. The normalized spacial score (nSPS) is 17.9. The van der Waals surface area contributed by atoms with E-state index in [0.717, 1.165) is 38.2 Å². The molecule has 1 saturated heterocycles. The van der Waals surface area contributed by atoms with Gasteiger partial charge in [0.05, 0.1) is 5.69 Å². The van der Waals surface area contributed by atoms with Crippen molar-refractivity contribution in [1.29, 1.82) is 0 Å². The maximum Gasteiger partial charge on any atom is 0.182 e. The molecule has 0 radical (unpaired) electrons. The zero-order valence-corrected chi connectivity index (χ0v) is 9.20. The van der Waals surface area contributed by atoms with Crippen LogP contribution in [0.2, 0.25) is 0 Å². The van der Waals surface area contributed by atoms with E-state index in [0.29, 0.717) is 5.78 Å². The Bertz CT molecular complexity index is 337. The molecule has 0 aromatic carbocycles. The van der Waals surface area contributed by atoms with Gasteiger partial charge < -0.3 is 9.88 Å². The molecule has 82 valence electrons. The van der Waals surface area contributed by atoms with Crippen LogP contribution in [0.3, 0.4) is 0 Å². The first-order chi connectivity index (χ1) is 7.33. The lowest BCUT2D eigenvalue weighted by Crippen LogP contribution is -2.32. The van der Waals surface area contributed by atoms with Gasteiger partial charge in [0, 0.05) is 18.7 Å². The fraction of sp³-hybridized carbons (Fsp3) is 0.583. The molecule has 1 aromatic heterocycles. The number of ketones is 1. The summed E-state index contributed by atoms with van der Waals surface area (Å²) >= 11 is 0. The van der Waals surface area contributed by atoms with Gasteiger partial charge in [-0.05, 0) is 45.0 Å². The first kappa shape index (κ1) is 10.4. The summed E-state index contributed by atoms with van der Waals surface area (Å²) in [5, 5.41) is 3.28. The van der Waals surface area contributed by atoms with Gasteiger partial charge >= 0.3 is 0 Å². The second kappa shape index (κ2) is 4.62. The van der Waals surface area contributed by atoms with E-state index in [9.17, 15) is 4.79 Å². The minimum atomic E-state index is 0.228. The Morgan fingerprint density at radius 1 is 1.53 bits per heavy atom. The molecule has 0 spiro atoms. The minimum absolute atomic E-state index is 0.228. The van der Waals surface area contributed by atoms with E-state index in [1.807, 2.05) is 22.9 Å². The maximum absolute atomic E-state index is 12.2. The fourth-order valence-corrected chi connectivity index (χ4v) is 2.21. The highest BCUT2D eigenvalue weighted by atomic mass is 16.1. The molecule has 1 aromatic rings. The van der Waals surface area contributed by atoms with Gasteiger partial charge in [0.25, 0.3) is 0 Å². The molecule has 0 aliphatic carbocycles. The summed E-state index contributed by atoms with van der Waals surface area (Å²) in [5.74, 6) is 0.551. The van der Waals surface area contributed by atoms with Crippen LogP contribution in [0.1, 0.15) is 30.3 Å². The number of carbonyl (C=O) groups is 1.